The zero-order chi connectivity index (χ0) is 41.0. The first-order valence-corrected chi connectivity index (χ1v) is 22.3. The van der Waals surface area contributed by atoms with E-state index < -0.39 is 5.41 Å². The summed E-state index contributed by atoms with van der Waals surface area (Å²) in [6.45, 7) is 13.9. The van der Waals surface area contributed by atoms with Crippen LogP contribution in [0.1, 0.15) is 75.1 Å². The van der Waals surface area contributed by atoms with Crippen LogP contribution >= 0.6 is 23.5 Å². The lowest BCUT2D eigenvalue weighted by molar-refractivity contribution is 0.582. The van der Waals surface area contributed by atoms with Crippen molar-refractivity contribution >= 4 is 57.9 Å². The molecule has 0 saturated carbocycles. The fourth-order valence-corrected chi connectivity index (χ4v) is 11.3. The molecule has 1 N–H and O–H groups in total. The van der Waals surface area contributed by atoms with Crippen molar-refractivity contribution in [2.24, 2.45) is 0 Å². The zero-order valence-electron chi connectivity index (χ0n) is 34.6. The molecule has 294 valence electrons. The van der Waals surface area contributed by atoms with Crippen molar-refractivity contribution in [3.05, 3.63) is 191 Å². The topological polar surface area (TPSA) is 48.1 Å². The third-order valence-electron chi connectivity index (χ3n) is 12.3. The highest BCUT2D eigenvalue weighted by molar-refractivity contribution is 8.00. The van der Waals surface area contributed by atoms with Crippen LogP contribution in [0.25, 0.3) is 11.1 Å². The molecule has 2 aliphatic heterocycles. The van der Waals surface area contributed by atoms with Gasteiger partial charge in [-0.25, -0.2) is 4.98 Å². The number of rotatable bonds is 4. The summed E-state index contributed by atoms with van der Waals surface area (Å²) in [6, 6.07) is 56.2. The largest absolute Gasteiger partial charge is 0.293 e. The Morgan fingerprint density at radius 1 is 0.517 bits per heavy atom. The smallest absolute Gasteiger partial charge is 0.147 e. The van der Waals surface area contributed by atoms with Crippen LogP contribution in [0.15, 0.2) is 177 Å². The monoisotopic (exact) mass is 815 g/mol. The van der Waals surface area contributed by atoms with Crippen LogP contribution in [0.3, 0.4) is 0 Å². The Kier molecular flexibility index (Phi) is 8.33. The van der Waals surface area contributed by atoms with Crippen LogP contribution in [-0.4, -0.2) is 15.2 Å². The number of hydrogen-bond acceptors (Lipinski definition) is 6. The van der Waals surface area contributed by atoms with Crippen LogP contribution in [0.4, 0.5) is 34.4 Å². The summed E-state index contributed by atoms with van der Waals surface area (Å²) in [7, 11) is 0. The first-order chi connectivity index (χ1) is 29.0. The maximum absolute atomic E-state index is 5.98. The predicted octanol–water partition coefficient (Wildman–Crippen LogP) is 14.6. The summed E-state index contributed by atoms with van der Waals surface area (Å²) in [5, 5.41) is 7.96. The SMILES string of the molecule is CC(C)(C)c1cc(N2c3ccccc3Sc3cn[nH]c32)cc(C2(c3cc(C(C)(C)C)cc(N4c5ccccc5Sc5ccccc54)n3)c3ccccc3-c3ccccc32)c1. The Morgan fingerprint density at radius 3 is 1.60 bits per heavy atom. The van der Waals surface area contributed by atoms with Crippen LogP contribution in [-0.2, 0) is 16.2 Å². The maximum Gasteiger partial charge on any atom is 0.147 e. The van der Waals surface area contributed by atoms with E-state index in [1.54, 1.807) is 11.8 Å². The van der Waals surface area contributed by atoms with E-state index in [4.69, 9.17) is 4.98 Å². The Labute approximate surface area is 360 Å². The van der Waals surface area contributed by atoms with Gasteiger partial charge in [0.15, 0.2) is 0 Å². The molecule has 2 aromatic heterocycles. The summed E-state index contributed by atoms with van der Waals surface area (Å²) < 4.78 is 0. The van der Waals surface area contributed by atoms with Crippen molar-refractivity contribution in [1.29, 1.82) is 0 Å². The van der Waals surface area contributed by atoms with Gasteiger partial charge in [0.05, 0.1) is 39.3 Å². The molecule has 0 bridgehead atoms. The number of nitrogens with one attached hydrogen (secondary N) is 1. The highest BCUT2D eigenvalue weighted by Crippen LogP contribution is 2.59. The van der Waals surface area contributed by atoms with E-state index in [0.717, 1.165) is 45.0 Å². The van der Waals surface area contributed by atoms with Gasteiger partial charge in [0, 0.05) is 20.4 Å². The Hall–Kier alpha value is -6.02. The maximum atomic E-state index is 5.98. The number of H-pyrrole nitrogens is 1. The number of benzene rings is 6. The molecule has 5 nitrogen and oxygen atoms in total. The van der Waals surface area contributed by atoms with Crippen molar-refractivity contribution in [3.63, 3.8) is 0 Å². The van der Waals surface area contributed by atoms with Gasteiger partial charge in [0.25, 0.3) is 0 Å². The van der Waals surface area contributed by atoms with E-state index in [-0.39, 0.29) is 10.8 Å². The number of aromatic amines is 1. The minimum absolute atomic E-state index is 0.171. The third kappa shape index (κ3) is 5.62. The lowest BCUT2D eigenvalue weighted by Gasteiger charge is -2.38. The van der Waals surface area contributed by atoms with E-state index in [9.17, 15) is 0 Å². The van der Waals surface area contributed by atoms with Crippen molar-refractivity contribution in [3.8, 4) is 11.1 Å². The molecule has 11 rings (SSSR count). The quantitative estimate of drug-likeness (QED) is 0.191. The van der Waals surface area contributed by atoms with Gasteiger partial charge >= 0.3 is 0 Å². The average molecular weight is 816 g/mol. The third-order valence-corrected chi connectivity index (χ3v) is 14.5. The molecule has 0 saturated heterocycles. The van der Waals surface area contributed by atoms with Gasteiger partial charge in [-0.3, -0.25) is 14.9 Å². The number of aromatic nitrogens is 3. The number of hydrogen-bond donors (Lipinski definition) is 1. The van der Waals surface area contributed by atoms with Crippen molar-refractivity contribution in [2.45, 2.75) is 77.4 Å². The summed E-state index contributed by atoms with van der Waals surface area (Å²) in [5.74, 6) is 1.89. The second-order valence-electron chi connectivity index (χ2n) is 18.1. The van der Waals surface area contributed by atoms with Crippen LogP contribution in [0.5, 0.6) is 0 Å². The van der Waals surface area contributed by atoms with Crippen LogP contribution in [0, 0.1) is 0 Å². The lowest BCUT2D eigenvalue weighted by atomic mass is 9.67. The van der Waals surface area contributed by atoms with Gasteiger partial charge < -0.3 is 0 Å². The van der Waals surface area contributed by atoms with Gasteiger partial charge in [0.2, 0.25) is 0 Å². The van der Waals surface area contributed by atoms with Crippen molar-refractivity contribution < 1.29 is 0 Å². The second-order valence-corrected chi connectivity index (χ2v) is 20.2. The first kappa shape index (κ1) is 37.0. The summed E-state index contributed by atoms with van der Waals surface area (Å²) in [4.78, 5) is 15.5. The van der Waals surface area contributed by atoms with Gasteiger partial charge in [-0.2, -0.15) is 5.10 Å². The predicted molar refractivity (Wildman–Crippen MR) is 249 cm³/mol. The minimum atomic E-state index is -0.774. The molecule has 0 amide bonds. The molecule has 60 heavy (non-hydrogen) atoms. The van der Waals surface area contributed by atoms with E-state index in [1.165, 1.54) is 53.6 Å². The Bertz CT molecular complexity index is 2910. The highest BCUT2D eigenvalue weighted by atomic mass is 32.2. The Balaban J connectivity index is 1.26. The number of nitrogens with zero attached hydrogens (tertiary/aromatic N) is 4. The van der Waals surface area contributed by atoms with Gasteiger partial charge in [-0.05, 0) is 110 Å². The molecule has 0 fully saturated rings. The van der Waals surface area contributed by atoms with Crippen LogP contribution in [0.2, 0.25) is 0 Å². The Morgan fingerprint density at radius 2 is 1.02 bits per heavy atom. The summed E-state index contributed by atoms with van der Waals surface area (Å²) in [5.41, 5.74) is 13.0. The molecular weight excluding hydrogens is 771 g/mol. The summed E-state index contributed by atoms with van der Waals surface area (Å²) >= 11 is 3.59. The van der Waals surface area contributed by atoms with Crippen molar-refractivity contribution in [2.75, 3.05) is 9.80 Å². The van der Waals surface area contributed by atoms with E-state index in [0.29, 0.717) is 0 Å². The molecule has 6 aromatic carbocycles. The average Bonchev–Trinajstić information content (AvgIpc) is 3.84. The molecule has 7 heteroatoms. The van der Waals surface area contributed by atoms with E-state index in [2.05, 4.69) is 213 Å². The fourth-order valence-electron chi connectivity index (χ4n) is 9.31. The normalized spacial score (nSPS) is 14.8. The fraction of sp³-hybridized carbons (Fsp3) is 0.170. The minimum Gasteiger partial charge on any atom is -0.293 e. The number of para-hydroxylation sites is 3. The molecule has 3 aliphatic rings. The number of fused-ring (bicyclic) bond motifs is 7. The summed E-state index contributed by atoms with van der Waals surface area (Å²) in [6.07, 6.45) is 1.95. The molecule has 4 heterocycles. The van der Waals surface area contributed by atoms with Gasteiger partial charge in [0.1, 0.15) is 11.6 Å². The highest BCUT2D eigenvalue weighted by Gasteiger charge is 2.49. The standard InChI is InChI=1S/C53H45N5S2/c1-51(2,3)33-27-35(29-36(28-33)57-41-21-11-14-24-44(41)60-47-32-54-56-50(47)57)53(39-19-9-7-17-37(39)38-18-8-10-20-40(38)53)48-30-34(52(4,5)6)31-49(55-48)58-42-22-12-15-25-45(42)59-46-26-16-13-23-43(46)58/h7-32H,1-6H3,(H,54,56). The number of pyridine rings is 1. The molecule has 0 radical (unpaired) electrons. The van der Waals surface area contributed by atoms with Gasteiger partial charge in [-0.1, -0.05) is 156 Å². The first-order valence-electron chi connectivity index (χ1n) is 20.6. The zero-order valence-corrected chi connectivity index (χ0v) is 36.2. The molecule has 0 atom stereocenters. The molecule has 8 aromatic rings. The second kappa shape index (κ2) is 13.5. The molecule has 1 aliphatic carbocycles. The molecular formula is C53H45N5S2. The van der Waals surface area contributed by atoms with E-state index in [1.807, 2.05) is 18.0 Å². The van der Waals surface area contributed by atoms with Crippen LogP contribution < -0.4 is 9.80 Å². The number of anilines is 6. The van der Waals surface area contributed by atoms with Crippen molar-refractivity contribution in [1.82, 2.24) is 15.2 Å². The van der Waals surface area contributed by atoms with Gasteiger partial charge in [-0.15, -0.1) is 0 Å². The molecule has 0 spiro atoms. The van der Waals surface area contributed by atoms with E-state index >= 15 is 0 Å². The lowest BCUT2D eigenvalue weighted by Crippen LogP contribution is -2.32. The molecule has 0 unspecified atom stereocenters.